The average molecular weight is 235 g/mol. The Hall–Kier alpha value is -1.62. The zero-order valence-corrected chi connectivity index (χ0v) is 9.91. The van der Waals surface area contributed by atoms with Crippen LogP contribution in [0.2, 0.25) is 0 Å². The lowest BCUT2D eigenvalue weighted by Crippen LogP contribution is -2.36. The number of amides is 1. The molecule has 2 rings (SSSR count). The van der Waals surface area contributed by atoms with Crippen molar-refractivity contribution in [3.63, 3.8) is 0 Å². The van der Waals surface area contributed by atoms with Crippen molar-refractivity contribution in [1.82, 2.24) is 14.7 Å². The molecule has 0 radical (unpaired) electrons. The highest BCUT2D eigenvalue weighted by Crippen LogP contribution is 2.17. The smallest absolute Gasteiger partial charge is 0.246 e. The molecule has 5 nitrogen and oxygen atoms in total. The summed E-state index contributed by atoms with van der Waals surface area (Å²) in [6.45, 7) is 0.783. The molecule has 0 spiro atoms. The lowest BCUT2D eigenvalue weighted by Gasteiger charge is -2.21. The average Bonchev–Trinajstić information content (AvgIpc) is 2.94. The third-order valence-electron chi connectivity index (χ3n) is 3.13. The number of aliphatic hydroxyl groups is 1. The SMILES string of the molecule is Cn1nccc1C=CC(=O)N1CCCC1CO. The number of likely N-dealkylation sites (tertiary alicyclic amines) is 1. The molecule has 2 heterocycles. The van der Waals surface area contributed by atoms with Crippen LogP contribution < -0.4 is 0 Å². The van der Waals surface area contributed by atoms with Crippen LogP contribution in [0.5, 0.6) is 0 Å². The molecule has 0 aliphatic carbocycles. The van der Waals surface area contributed by atoms with Gasteiger partial charge in [-0.25, -0.2) is 0 Å². The molecule has 1 saturated heterocycles. The van der Waals surface area contributed by atoms with Crippen LogP contribution in [0.1, 0.15) is 18.5 Å². The van der Waals surface area contributed by atoms with E-state index in [1.54, 1.807) is 27.9 Å². The zero-order chi connectivity index (χ0) is 12.3. The van der Waals surface area contributed by atoms with Gasteiger partial charge in [-0.3, -0.25) is 9.48 Å². The minimum absolute atomic E-state index is 0.0151. The van der Waals surface area contributed by atoms with E-state index in [9.17, 15) is 4.79 Å². The largest absolute Gasteiger partial charge is 0.394 e. The minimum atomic E-state index is -0.0391. The number of carbonyl (C=O) groups excluding carboxylic acids is 1. The van der Waals surface area contributed by atoms with Crippen molar-refractivity contribution < 1.29 is 9.90 Å². The Morgan fingerprint density at radius 2 is 2.53 bits per heavy atom. The van der Waals surface area contributed by atoms with Gasteiger partial charge < -0.3 is 10.0 Å². The van der Waals surface area contributed by atoms with Crippen molar-refractivity contribution in [3.05, 3.63) is 24.0 Å². The molecule has 92 valence electrons. The van der Waals surface area contributed by atoms with Gasteiger partial charge >= 0.3 is 0 Å². The second-order valence-corrected chi connectivity index (χ2v) is 4.22. The van der Waals surface area contributed by atoms with Gasteiger partial charge in [0.2, 0.25) is 5.91 Å². The summed E-state index contributed by atoms with van der Waals surface area (Å²) >= 11 is 0. The molecule has 17 heavy (non-hydrogen) atoms. The Morgan fingerprint density at radius 3 is 3.18 bits per heavy atom. The van der Waals surface area contributed by atoms with Gasteiger partial charge in [-0.2, -0.15) is 5.10 Å². The Balaban J connectivity index is 2.02. The monoisotopic (exact) mass is 235 g/mol. The Morgan fingerprint density at radius 1 is 1.71 bits per heavy atom. The molecule has 0 saturated carbocycles. The Bertz CT molecular complexity index is 425. The molecule has 1 fully saturated rings. The van der Waals surface area contributed by atoms with Crippen molar-refractivity contribution in [3.8, 4) is 0 Å². The lowest BCUT2D eigenvalue weighted by molar-refractivity contribution is -0.127. The molecule has 1 aromatic rings. The second kappa shape index (κ2) is 5.14. The van der Waals surface area contributed by atoms with Crippen LogP contribution in [0.25, 0.3) is 6.08 Å². The first-order valence-electron chi connectivity index (χ1n) is 5.80. The minimum Gasteiger partial charge on any atom is -0.394 e. The maximum Gasteiger partial charge on any atom is 0.246 e. The van der Waals surface area contributed by atoms with Crippen molar-refractivity contribution in [2.24, 2.45) is 7.05 Å². The highest BCUT2D eigenvalue weighted by molar-refractivity contribution is 5.91. The first kappa shape index (κ1) is 11.9. The number of carbonyl (C=O) groups is 1. The van der Waals surface area contributed by atoms with Gasteiger partial charge in [0.05, 0.1) is 18.3 Å². The third kappa shape index (κ3) is 2.55. The van der Waals surface area contributed by atoms with Crippen LogP contribution in [0.15, 0.2) is 18.3 Å². The molecule has 1 atom stereocenters. The summed E-state index contributed by atoms with van der Waals surface area (Å²) in [7, 11) is 1.83. The molecule has 0 aromatic carbocycles. The van der Waals surface area contributed by atoms with E-state index in [0.717, 1.165) is 25.1 Å². The van der Waals surface area contributed by atoms with Gasteiger partial charge in [0.1, 0.15) is 0 Å². The predicted octanol–water partition coefficient (Wildman–Crippen LogP) is 0.417. The van der Waals surface area contributed by atoms with E-state index in [1.165, 1.54) is 0 Å². The topological polar surface area (TPSA) is 58.4 Å². The summed E-state index contributed by atoms with van der Waals surface area (Å²) in [5, 5.41) is 13.2. The fourth-order valence-corrected chi connectivity index (χ4v) is 2.12. The molecule has 5 heteroatoms. The fourth-order valence-electron chi connectivity index (χ4n) is 2.12. The highest BCUT2D eigenvalue weighted by atomic mass is 16.3. The van der Waals surface area contributed by atoms with Crippen molar-refractivity contribution in [2.45, 2.75) is 18.9 Å². The predicted molar refractivity (Wildman–Crippen MR) is 64.1 cm³/mol. The lowest BCUT2D eigenvalue weighted by atomic mass is 10.2. The quantitative estimate of drug-likeness (QED) is 0.772. The van der Waals surface area contributed by atoms with Crippen LogP contribution in [0.3, 0.4) is 0 Å². The first-order valence-corrected chi connectivity index (χ1v) is 5.80. The third-order valence-corrected chi connectivity index (χ3v) is 3.13. The summed E-state index contributed by atoms with van der Waals surface area (Å²) in [5.74, 6) is -0.0391. The van der Waals surface area contributed by atoms with E-state index in [4.69, 9.17) is 5.11 Å². The number of hydrogen-bond acceptors (Lipinski definition) is 3. The van der Waals surface area contributed by atoms with Crippen LogP contribution in [-0.2, 0) is 11.8 Å². The number of rotatable bonds is 3. The molecular weight excluding hydrogens is 218 g/mol. The number of aromatic nitrogens is 2. The van der Waals surface area contributed by atoms with Crippen molar-refractivity contribution in [2.75, 3.05) is 13.2 Å². The maximum absolute atomic E-state index is 11.9. The number of aryl methyl sites for hydroxylation is 1. The summed E-state index contributed by atoms with van der Waals surface area (Å²) in [6.07, 6.45) is 6.85. The second-order valence-electron chi connectivity index (χ2n) is 4.22. The van der Waals surface area contributed by atoms with Gasteiger partial charge in [-0.1, -0.05) is 0 Å². The van der Waals surface area contributed by atoms with Gasteiger partial charge in [0.25, 0.3) is 0 Å². The molecule has 1 aliphatic rings. The zero-order valence-electron chi connectivity index (χ0n) is 9.91. The standard InChI is InChI=1S/C12H17N3O2/c1-14-10(6-7-13-14)4-5-12(17)15-8-2-3-11(15)9-16/h4-7,11,16H,2-3,8-9H2,1H3. The van der Waals surface area contributed by atoms with E-state index >= 15 is 0 Å². The van der Waals surface area contributed by atoms with Gasteiger partial charge in [-0.15, -0.1) is 0 Å². The summed E-state index contributed by atoms with van der Waals surface area (Å²) in [6, 6.07) is 1.83. The molecule has 1 amide bonds. The number of nitrogens with zero attached hydrogens (tertiary/aromatic N) is 3. The van der Waals surface area contributed by atoms with Gasteiger partial charge in [-0.05, 0) is 25.0 Å². The summed E-state index contributed by atoms with van der Waals surface area (Å²) < 4.78 is 1.71. The molecule has 1 aliphatic heterocycles. The van der Waals surface area contributed by atoms with Crippen LogP contribution in [-0.4, -0.2) is 44.9 Å². The Labute approximate surface area is 100 Å². The van der Waals surface area contributed by atoms with E-state index in [0.29, 0.717) is 0 Å². The molecule has 1 N–H and O–H groups in total. The summed E-state index contributed by atoms with van der Waals surface area (Å²) in [4.78, 5) is 13.6. The van der Waals surface area contributed by atoms with E-state index < -0.39 is 0 Å². The van der Waals surface area contributed by atoms with Gasteiger partial charge in [0.15, 0.2) is 0 Å². The summed E-state index contributed by atoms with van der Waals surface area (Å²) in [5.41, 5.74) is 0.887. The fraction of sp³-hybridized carbons (Fsp3) is 0.500. The normalized spacial score (nSPS) is 20.4. The van der Waals surface area contributed by atoms with E-state index in [2.05, 4.69) is 5.10 Å². The number of aliphatic hydroxyl groups excluding tert-OH is 1. The highest BCUT2D eigenvalue weighted by Gasteiger charge is 2.26. The van der Waals surface area contributed by atoms with Crippen molar-refractivity contribution >= 4 is 12.0 Å². The first-order chi connectivity index (χ1) is 8.22. The van der Waals surface area contributed by atoms with Crippen molar-refractivity contribution in [1.29, 1.82) is 0 Å². The molecular formula is C12H17N3O2. The molecule has 0 bridgehead atoms. The van der Waals surface area contributed by atoms with Crippen LogP contribution >= 0.6 is 0 Å². The van der Waals surface area contributed by atoms with Crippen LogP contribution in [0, 0.1) is 0 Å². The van der Waals surface area contributed by atoms with E-state index in [1.807, 2.05) is 13.1 Å². The molecule has 1 aromatic heterocycles. The van der Waals surface area contributed by atoms with Gasteiger partial charge in [0, 0.05) is 25.9 Å². The Kier molecular flexibility index (Phi) is 3.58. The molecule has 1 unspecified atom stereocenters. The van der Waals surface area contributed by atoms with E-state index in [-0.39, 0.29) is 18.6 Å². The number of hydrogen-bond donors (Lipinski definition) is 1. The van der Waals surface area contributed by atoms with Crippen LogP contribution in [0.4, 0.5) is 0 Å². The maximum atomic E-state index is 11.9.